The predicted octanol–water partition coefficient (Wildman–Crippen LogP) is 2.97. The van der Waals surface area contributed by atoms with Crippen LogP contribution in [0.15, 0.2) is 24.3 Å². The van der Waals surface area contributed by atoms with Crippen LogP contribution in [0.1, 0.15) is 39.4 Å². The van der Waals surface area contributed by atoms with Crippen LogP contribution in [0.3, 0.4) is 0 Å². The van der Waals surface area contributed by atoms with Gasteiger partial charge in [0.05, 0.1) is 6.10 Å². The van der Waals surface area contributed by atoms with Gasteiger partial charge in [0.2, 0.25) is 0 Å². The summed E-state index contributed by atoms with van der Waals surface area (Å²) in [4.78, 5) is 2.29. The third kappa shape index (κ3) is 2.72. The van der Waals surface area contributed by atoms with E-state index in [1.165, 1.54) is 0 Å². The highest BCUT2D eigenvalue weighted by Gasteiger charge is 2.14. The second kappa shape index (κ2) is 5.17. The summed E-state index contributed by atoms with van der Waals surface area (Å²) in [6.07, 6.45) is -0.408. The van der Waals surface area contributed by atoms with E-state index >= 15 is 0 Å². The van der Waals surface area contributed by atoms with E-state index in [2.05, 4.69) is 31.7 Å². The molecule has 0 aliphatic rings. The van der Waals surface area contributed by atoms with Gasteiger partial charge in [0.15, 0.2) is 0 Å². The third-order valence-corrected chi connectivity index (χ3v) is 2.66. The molecule has 1 aromatic carbocycles. The van der Waals surface area contributed by atoms with E-state index in [9.17, 15) is 5.11 Å². The molecule has 0 spiro atoms. The Bertz CT molecular complexity index is 307. The molecule has 0 radical (unpaired) electrons. The number of hydrogen-bond donors (Lipinski definition) is 1. The molecule has 0 unspecified atom stereocenters. The van der Waals surface area contributed by atoms with Crippen molar-refractivity contribution in [3.63, 3.8) is 0 Å². The van der Waals surface area contributed by atoms with Gasteiger partial charge in [0.25, 0.3) is 0 Å². The van der Waals surface area contributed by atoms with Crippen LogP contribution in [0, 0.1) is 0 Å². The van der Waals surface area contributed by atoms with Crippen LogP contribution in [0.2, 0.25) is 0 Å². The van der Waals surface area contributed by atoms with E-state index in [0.717, 1.165) is 17.8 Å². The van der Waals surface area contributed by atoms with Gasteiger partial charge in [-0.15, -0.1) is 0 Å². The molecule has 0 amide bonds. The van der Waals surface area contributed by atoms with Crippen molar-refractivity contribution >= 4 is 5.69 Å². The van der Waals surface area contributed by atoms with Crippen molar-refractivity contribution in [1.82, 2.24) is 0 Å². The first kappa shape index (κ1) is 12.1. The molecule has 0 saturated carbocycles. The molecular formula is C13H21NO. The second-order valence-corrected chi connectivity index (χ2v) is 4.11. The van der Waals surface area contributed by atoms with Crippen LogP contribution < -0.4 is 4.90 Å². The molecule has 84 valence electrons. The van der Waals surface area contributed by atoms with Crippen LogP contribution in [0.25, 0.3) is 0 Å². The SMILES string of the molecule is CCN(c1ccccc1[C@@H](C)O)C(C)C. The quantitative estimate of drug-likeness (QED) is 0.820. The van der Waals surface area contributed by atoms with Crippen LogP contribution >= 0.6 is 0 Å². The molecule has 0 saturated heterocycles. The van der Waals surface area contributed by atoms with Crippen molar-refractivity contribution in [2.75, 3.05) is 11.4 Å². The van der Waals surface area contributed by atoms with Crippen molar-refractivity contribution in [1.29, 1.82) is 0 Å². The lowest BCUT2D eigenvalue weighted by Gasteiger charge is -2.30. The molecule has 1 atom stereocenters. The summed E-state index contributed by atoms with van der Waals surface area (Å²) < 4.78 is 0. The topological polar surface area (TPSA) is 23.5 Å². The molecule has 1 aromatic rings. The third-order valence-electron chi connectivity index (χ3n) is 2.66. The number of benzene rings is 1. The van der Waals surface area contributed by atoms with Gasteiger partial charge in [-0.05, 0) is 33.8 Å². The molecule has 15 heavy (non-hydrogen) atoms. The molecule has 0 bridgehead atoms. The van der Waals surface area contributed by atoms with Crippen molar-refractivity contribution in [3.8, 4) is 0 Å². The van der Waals surface area contributed by atoms with Gasteiger partial charge in [-0.1, -0.05) is 18.2 Å². The van der Waals surface area contributed by atoms with E-state index in [4.69, 9.17) is 0 Å². The highest BCUT2D eigenvalue weighted by Crippen LogP contribution is 2.27. The van der Waals surface area contributed by atoms with E-state index in [-0.39, 0.29) is 0 Å². The molecule has 0 aliphatic carbocycles. The number of anilines is 1. The summed E-state index contributed by atoms with van der Waals surface area (Å²) in [5.74, 6) is 0. The molecule has 2 nitrogen and oxygen atoms in total. The fraction of sp³-hybridized carbons (Fsp3) is 0.538. The number of rotatable bonds is 4. The van der Waals surface area contributed by atoms with Crippen LogP contribution in [0.4, 0.5) is 5.69 Å². The first-order valence-electron chi connectivity index (χ1n) is 5.61. The van der Waals surface area contributed by atoms with Crippen molar-refractivity contribution < 1.29 is 5.11 Å². The molecule has 0 fully saturated rings. The summed E-state index contributed by atoms with van der Waals surface area (Å²) in [5, 5.41) is 9.70. The lowest BCUT2D eigenvalue weighted by atomic mass is 10.1. The Morgan fingerprint density at radius 1 is 1.20 bits per heavy atom. The standard InChI is InChI=1S/C13H21NO/c1-5-14(10(2)3)13-9-7-6-8-12(13)11(4)15/h6-11,15H,5H2,1-4H3/t11-/m1/s1. The number of aliphatic hydroxyl groups is 1. The van der Waals surface area contributed by atoms with Gasteiger partial charge in [-0.25, -0.2) is 0 Å². The summed E-state index contributed by atoms with van der Waals surface area (Å²) in [5.41, 5.74) is 2.15. The summed E-state index contributed by atoms with van der Waals surface area (Å²) in [6, 6.07) is 8.51. The number of hydrogen-bond acceptors (Lipinski definition) is 2. The van der Waals surface area contributed by atoms with Crippen molar-refractivity contribution in [2.45, 2.75) is 39.8 Å². The average Bonchev–Trinajstić information content (AvgIpc) is 2.18. The van der Waals surface area contributed by atoms with Gasteiger partial charge < -0.3 is 10.0 Å². The Balaban J connectivity index is 3.11. The molecule has 0 aliphatic heterocycles. The maximum atomic E-state index is 9.70. The highest BCUT2D eigenvalue weighted by atomic mass is 16.3. The lowest BCUT2D eigenvalue weighted by Crippen LogP contribution is -2.31. The Kier molecular flexibility index (Phi) is 4.15. The zero-order valence-electron chi connectivity index (χ0n) is 10.1. The molecule has 2 heteroatoms. The summed E-state index contributed by atoms with van der Waals surface area (Å²) in [7, 11) is 0. The zero-order valence-corrected chi connectivity index (χ0v) is 10.1. The van der Waals surface area contributed by atoms with Crippen molar-refractivity contribution in [2.24, 2.45) is 0 Å². The Morgan fingerprint density at radius 3 is 2.27 bits per heavy atom. The van der Waals surface area contributed by atoms with E-state index in [0.29, 0.717) is 6.04 Å². The van der Waals surface area contributed by atoms with Crippen molar-refractivity contribution in [3.05, 3.63) is 29.8 Å². The Morgan fingerprint density at radius 2 is 1.80 bits per heavy atom. The minimum Gasteiger partial charge on any atom is -0.389 e. The minimum absolute atomic E-state index is 0.408. The largest absolute Gasteiger partial charge is 0.389 e. The normalized spacial score (nSPS) is 12.9. The lowest BCUT2D eigenvalue weighted by molar-refractivity contribution is 0.199. The first-order valence-corrected chi connectivity index (χ1v) is 5.61. The Labute approximate surface area is 92.5 Å². The van der Waals surface area contributed by atoms with Crippen LogP contribution in [-0.4, -0.2) is 17.7 Å². The smallest absolute Gasteiger partial charge is 0.0781 e. The van der Waals surface area contributed by atoms with E-state index in [1.807, 2.05) is 25.1 Å². The van der Waals surface area contributed by atoms with Gasteiger partial charge in [-0.2, -0.15) is 0 Å². The van der Waals surface area contributed by atoms with Gasteiger partial charge in [-0.3, -0.25) is 0 Å². The fourth-order valence-corrected chi connectivity index (χ4v) is 1.92. The molecule has 1 N–H and O–H groups in total. The number of para-hydroxylation sites is 1. The Hall–Kier alpha value is -1.02. The van der Waals surface area contributed by atoms with Gasteiger partial charge in [0.1, 0.15) is 0 Å². The van der Waals surface area contributed by atoms with Gasteiger partial charge in [0, 0.05) is 23.8 Å². The monoisotopic (exact) mass is 207 g/mol. The molecule has 0 heterocycles. The second-order valence-electron chi connectivity index (χ2n) is 4.11. The average molecular weight is 207 g/mol. The maximum absolute atomic E-state index is 9.70. The fourth-order valence-electron chi connectivity index (χ4n) is 1.92. The zero-order chi connectivity index (χ0) is 11.4. The van der Waals surface area contributed by atoms with E-state index < -0.39 is 6.10 Å². The van der Waals surface area contributed by atoms with Crippen LogP contribution in [-0.2, 0) is 0 Å². The number of aliphatic hydroxyl groups excluding tert-OH is 1. The summed E-state index contributed by atoms with van der Waals surface area (Å²) >= 11 is 0. The maximum Gasteiger partial charge on any atom is 0.0781 e. The summed E-state index contributed by atoms with van der Waals surface area (Å²) in [6.45, 7) is 9.25. The molecule has 0 aromatic heterocycles. The minimum atomic E-state index is -0.408. The molecule has 1 rings (SSSR count). The highest BCUT2D eigenvalue weighted by molar-refractivity contribution is 5.55. The number of nitrogens with zero attached hydrogens (tertiary/aromatic N) is 1. The van der Waals surface area contributed by atoms with Gasteiger partial charge >= 0.3 is 0 Å². The first-order chi connectivity index (χ1) is 7.07. The van der Waals surface area contributed by atoms with E-state index in [1.54, 1.807) is 0 Å². The predicted molar refractivity (Wildman–Crippen MR) is 65.2 cm³/mol. The van der Waals surface area contributed by atoms with Crippen LogP contribution in [0.5, 0.6) is 0 Å². The molecular weight excluding hydrogens is 186 g/mol.